The van der Waals surface area contributed by atoms with Gasteiger partial charge in [0.1, 0.15) is 0 Å². The second kappa shape index (κ2) is 19.9. The highest BCUT2D eigenvalue weighted by atomic mass is 16.4. The van der Waals surface area contributed by atoms with Gasteiger partial charge in [0.15, 0.2) is 0 Å². The number of aliphatic hydroxyl groups excluding tert-OH is 1. The number of rotatable bonds is 15. The van der Waals surface area contributed by atoms with Gasteiger partial charge in [-0.25, -0.2) is 0 Å². The summed E-state index contributed by atoms with van der Waals surface area (Å²) in [5.41, 5.74) is 5.34. The van der Waals surface area contributed by atoms with Crippen LogP contribution in [0.4, 0.5) is 0 Å². The van der Waals surface area contributed by atoms with E-state index in [-0.39, 0.29) is 18.9 Å². The van der Waals surface area contributed by atoms with Crippen molar-refractivity contribution in [1.29, 1.82) is 0 Å². The lowest BCUT2D eigenvalue weighted by molar-refractivity contribution is -0.143. The normalized spacial score (nSPS) is 11.5. The fraction of sp³-hybridized carbons (Fsp3) is 0.889. The molecule has 144 valence electrons. The number of aliphatic hydroxyl groups is 1. The Kier molecular flexibility index (Phi) is 20.8. The van der Waals surface area contributed by atoms with Crippen molar-refractivity contribution in [3.05, 3.63) is 0 Å². The lowest BCUT2D eigenvalue weighted by atomic mass is 10.0. The third-order valence-electron chi connectivity index (χ3n) is 3.72. The van der Waals surface area contributed by atoms with E-state index in [1.54, 1.807) is 0 Å². The molecule has 0 aromatic heterocycles. The Hall–Kier alpha value is -1.14. The Morgan fingerprint density at radius 2 is 1.17 bits per heavy atom. The lowest BCUT2D eigenvalue weighted by Gasteiger charge is -2.06. The molecule has 0 aliphatic heterocycles. The van der Waals surface area contributed by atoms with Crippen LogP contribution in [0, 0.1) is 0 Å². The summed E-state index contributed by atoms with van der Waals surface area (Å²) < 4.78 is 0. The largest absolute Gasteiger partial charge is 0.481 e. The molecular formula is C18H37NO5. The number of aliphatic carboxylic acids is 2. The molecular weight excluding hydrogens is 310 g/mol. The van der Waals surface area contributed by atoms with E-state index >= 15 is 0 Å². The average molecular weight is 347 g/mol. The van der Waals surface area contributed by atoms with Gasteiger partial charge in [-0.3, -0.25) is 9.59 Å². The molecule has 0 amide bonds. The highest BCUT2D eigenvalue weighted by Gasteiger charge is 2.00. The number of carboxylic acids is 2. The van der Waals surface area contributed by atoms with Crippen LogP contribution in [0.15, 0.2) is 0 Å². The van der Waals surface area contributed by atoms with E-state index < -0.39 is 11.9 Å². The number of carboxylic acid groups (broad SMARTS) is 2. The van der Waals surface area contributed by atoms with Gasteiger partial charge in [0.2, 0.25) is 0 Å². The monoisotopic (exact) mass is 347 g/mol. The molecule has 1 unspecified atom stereocenters. The maximum Gasteiger partial charge on any atom is 0.303 e. The maximum atomic E-state index is 9.64. The van der Waals surface area contributed by atoms with E-state index in [2.05, 4.69) is 6.92 Å². The molecule has 0 spiro atoms. The van der Waals surface area contributed by atoms with E-state index in [0.717, 1.165) is 12.8 Å². The van der Waals surface area contributed by atoms with Crippen molar-refractivity contribution >= 4 is 11.9 Å². The highest BCUT2D eigenvalue weighted by Crippen LogP contribution is 2.11. The number of hydrogen-bond donors (Lipinski definition) is 4. The fourth-order valence-corrected chi connectivity index (χ4v) is 2.20. The van der Waals surface area contributed by atoms with Crippen LogP contribution in [0.2, 0.25) is 0 Å². The maximum absolute atomic E-state index is 9.64. The number of carbonyl (C=O) groups is 2. The molecule has 0 fully saturated rings. The van der Waals surface area contributed by atoms with Crippen molar-refractivity contribution in [3.8, 4) is 0 Å². The molecule has 0 aromatic rings. The van der Waals surface area contributed by atoms with Gasteiger partial charge >= 0.3 is 11.9 Å². The molecule has 0 aliphatic carbocycles. The fourth-order valence-electron chi connectivity index (χ4n) is 2.20. The summed E-state index contributed by atoms with van der Waals surface area (Å²) in [6.45, 7) is 2.67. The Morgan fingerprint density at radius 1 is 0.792 bits per heavy atom. The molecule has 6 heteroatoms. The first-order valence-corrected chi connectivity index (χ1v) is 9.25. The Morgan fingerprint density at radius 3 is 1.50 bits per heavy atom. The van der Waals surface area contributed by atoms with Crippen LogP contribution < -0.4 is 5.73 Å². The molecule has 1 atom stereocenters. The predicted molar refractivity (Wildman–Crippen MR) is 96.0 cm³/mol. The molecule has 24 heavy (non-hydrogen) atoms. The standard InChI is InChI=1S/C14H31NO.C4H6O4/c1-2-3-4-5-6-7-8-9-10-11-12-14(16)13-15;5-3(6)1-2-4(7)8/h14,16H,2-13,15H2,1H3;1-2H2,(H,5,6)(H,7,8). The molecule has 0 saturated carbocycles. The zero-order valence-electron chi connectivity index (χ0n) is 15.2. The molecule has 0 rings (SSSR count). The van der Waals surface area contributed by atoms with Crippen LogP contribution >= 0.6 is 0 Å². The summed E-state index contributed by atoms with van der Waals surface area (Å²) in [6.07, 6.45) is 13.5. The topological polar surface area (TPSA) is 121 Å². The van der Waals surface area contributed by atoms with Gasteiger partial charge in [0, 0.05) is 6.54 Å². The van der Waals surface area contributed by atoms with Gasteiger partial charge in [-0.15, -0.1) is 0 Å². The molecule has 0 aliphatic rings. The second-order valence-corrected chi connectivity index (χ2v) is 6.15. The third kappa shape index (κ3) is 25.8. The number of hydrogen-bond acceptors (Lipinski definition) is 4. The second-order valence-electron chi connectivity index (χ2n) is 6.15. The molecule has 0 aromatic carbocycles. The summed E-state index contributed by atoms with van der Waals surface area (Å²) in [5.74, 6) is -2.15. The van der Waals surface area contributed by atoms with Crippen LogP contribution in [-0.2, 0) is 9.59 Å². The SMILES string of the molecule is CCCCCCCCCCCCC(O)CN.O=C(O)CCC(=O)O. The van der Waals surface area contributed by atoms with Gasteiger partial charge < -0.3 is 21.1 Å². The summed E-state index contributed by atoms with van der Waals surface area (Å²) in [6, 6.07) is 0. The van der Waals surface area contributed by atoms with Gasteiger partial charge in [-0.2, -0.15) is 0 Å². The van der Waals surface area contributed by atoms with E-state index in [0.29, 0.717) is 6.54 Å². The number of nitrogens with two attached hydrogens (primary N) is 1. The van der Waals surface area contributed by atoms with Crippen molar-refractivity contribution in [1.82, 2.24) is 0 Å². The molecule has 0 heterocycles. The van der Waals surface area contributed by atoms with Crippen LogP contribution in [0.1, 0.15) is 90.4 Å². The summed E-state index contributed by atoms with van der Waals surface area (Å²) in [7, 11) is 0. The van der Waals surface area contributed by atoms with Crippen LogP contribution in [0.25, 0.3) is 0 Å². The Balaban J connectivity index is 0. The predicted octanol–water partition coefficient (Wildman–Crippen LogP) is 3.55. The molecule has 6 nitrogen and oxygen atoms in total. The van der Waals surface area contributed by atoms with Crippen LogP contribution in [0.3, 0.4) is 0 Å². The summed E-state index contributed by atoms with van der Waals surface area (Å²) in [4.78, 5) is 19.3. The van der Waals surface area contributed by atoms with Gasteiger partial charge in [-0.1, -0.05) is 71.1 Å². The quantitative estimate of drug-likeness (QED) is 0.336. The summed E-state index contributed by atoms with van der Waals surface area (Å²) >= 11 is 0. The van der Waals surface area contributed by atoms with E-state index in [4.69, 9.17) is 15.9 Å². The van der Waals surface area contributed by atoms with Crippen molar-refractivity contribution < 1.29 is 24.9 Å². The Bertz CT molecular complexity index is 283. The average Bonchev–Trinajstić information content (AvgIpc) is 2.55. The van der Waals surface area contributed by atoms with Crippen molar-refractivity contribution in [2.45, 2.75) is 96.5 Å². The van der Waals surface area contributed by atoms with Crippen LogP contribution in [0.5, 0.6) is 0 Å². The summed E-state index contributed by atoms with van der Waals surface area (Å²) in [5, 5.41) is 25.1. The van der Waals surface area contributed by atoms with E-state index in [1.165, 1.54) is 57.8 Å². The van der Waals surface area contributed by atoms with E-state index in [1.807, 2.05) is 0 Å². The minimum atomic E-state index is -1.08. The zero-order valence-corrected chi connectivity index (χ0v) is 15.2. The first-order chi connectivity index (χ1) is 11.4. The van der Waals surface area contributed by atoms with Gasteiger partial charge in [0.25, 0.3) is 0 Å². The minimum absolute atomic E-state index is 0.269. The zero-order chi connectivity index (χ0) is 18.6. The van der Waals surface area contributed by atoms with Crippen molar-refractivity contribution in [2.24, 2.45) is 5.73 Å². The van der Waals surface area contributed by atoms with E-state index in [9.17, 15) is 14.7 Å². The van der Waals surface area contributed by atoms with Crippen LogP contribution in [-0.4, -0.2) is 39.9 Å². The molecule has 0 bridgehead atoms. The number of unbranched alkanes of at least 4 members (excludes halogenated alkanes) is 9. The van der Waals surface area contributed by atoms with Crippen molar-refractivity contribution in [3.63, 3.8) is 0 Å². The first-order valence-electron chi connectivity index (χ1n) is 9.25. The lowest BCUT2D eigenvalue weighted by Crippen LogP contribution is -2.19. The smallest absolute Gasteiger partial charge is 0.303 e. The first kappa shape index (κ1) is 25.1. The highest BCUT2D eigenvalue weighted by molar-refractivity contribution is 5.75. The van der Waals surface area contributed by atoms with Gasteiger partial charge in [0.05, 0.1) is 18.9 Å². The minimum Gasteiger partial charge on any atom is -0.481 e. The molecule has 0 radical (unpaired) electrons. The molecule has 0 saturated heterocycles. The van der Waals surface area contributed by atoms with Crippen molar-refractivity contribution in [2.75, 3.05) is 6.54 Å². The third-order valence-corrected chi connectivity index (χ3v) is 3.72. The van der Waals surface area contributed by atoms with Gasteiger partial charge in [-0.05, 0) is 6.42 Å². The molecule has 5 N–H and O–H groups in total. The Labute approximate surface area is 146 Å².